The molecule has 0 bridgehead atoms. The number of nitrogens with two attached hydrogens (primary N) is 1. The Morgan fingerprint density at radius 3 is 2.35 bits per heavy atom. The number of aliphatic carboxylic acids is 1. The molecule has 0 aromatic heterocycles. The fraction of sp³-hybridized carbons (Fsp3) is 0.400. The lowest BCUT2D eigenvalue weighted by Crippen LogP contribution is -2.41. The summed E-state index contributed by atoms with van der Waals surface area (Å²) in [6.45, 7) is 1.33. The van der Waals surface area contributed by atoms with Gasteiger partial charge in [0.15, 0.2) is 0 Å². The molecule has 2 amide bonds. The van der Waals surface area contributed by atoms with Crippen LogP contribution in [-0.2, 0) is 14.4 Å². The molecule has 5 N–H and O–H groups in total. The molecule has 8 heteroatoms. The molecule has 0 saturated heterocycles. The summed E-state index contributed by atoms with van der Waals surface area (Å²) in [5, 5.41) is 14.1. The van der Waals surface area contributed by atoms with Crippen molar-refractivity contribution in [3.63, 3.8) is 0 Å². The normalized spacial score (nSPS) is 13.0. The number of rotatable bonds is 8. The smallest absolute Gasteiger partial charge is 0.322 e. The van der Waals surface area contributed by atoms with Gasteiger partial charge in [-0.25, -0.2) is 0 Å². The molecule has 0 aliphatic carbocycles. The second-order valence-corrected chi connectivity index (χ2v) is 5.59. The first-order chi connectivity index (χ1) is 10.8. The quantitative estimate of drug-likeness (QED) is 0.548. The molecule has 126 valence electrons. The molecule has 7 nitrogen and oxygen atoms in total. The van der Waals surface area contributed by atoms with Crippen LogP contribution in [0.5, 0.6) is 0 Å². The van der Waals surface area contributed by atoms with Gasteiger partial charge in [0, 0.05) is 23.9 Å². The van der Waals surface area contributed by atoms with Crippen molar-refractivity contribution < 1.29 is 19.5 Å². The van der Waals surface area contributed by atoms with Crippen LogP contribution in [0.1, 0.15) is 24.8 Å². The lowest BCUT2D eigenvalue weighted by Gasteiger charge is -2.18. The summed E-state index contributed by atoms with van der Waals surface area (Å²) in [5.41, 5.74) is 6.30. The van der Waals surface area contributed by atoms with Gasteiger partial charge in [0.25, 0.3) is 0 Å². The third-order valence-electron chi connectivity index (χ3n) is 3.15. The van der Waals surface area contributed by atoms with Gasteiger partial charge >= 0.3 is 5.97 Å². The minimum atomic E-state index is -1.12. The molecular formula is C15H20ClN3O4. The summed E-state index contributed by atoms with van der Waals surface area (Å²) >= 11 is 5.84. The zero-order valence-electron chi connectivity index (χ0n) is 12.7. The third kappa shape index (κ3) is 7.12. The van der Waals surface area contributed by atoms with Crippen molar-refractivity contribution >= 4 is 29.4 Å². The van der Waals surface area contributed by atoms with E-state index in [-0.39, 0.29) is 24.8 Å². The van der Waals surface area contributed by atoms with Gasteiger partial charge in [-0.2, -0.15) is 0 Å². The molecule has 1 unspecified atom stereocenters. The van der Waals surface area contributed by atoms with E-state index in [1.165, 1.54) is 0 Å². The Bertz CT molecular complexity index is 560. The molecule has 0 aliphatic heterocycles. The van der Waals surface area contributed by atoms with E-state index in [1.54, 1.807) is 31.2 Å². The molecule has 1 aromatic rings. The second kappa shape index (κ2) is 9.12. The van der Waals surface area contributed by atoms with E-state index in [9.17, 15) is 14.4 Å². The largest absolute Gasteiger partial charge is 0.480 e. The molecule has 0 saturated carbocycles. The summed E-state index contributed by atoms with van der Waals surface area (Å²) in [6.07, 6.45) is 0.0359. The van der Waals surface area contributed by atoms with Crippen LogP contribution < -0.4 is 16.4 Å². The van der Waals surface area contributed by atoms with Gasteiger partial charge in [0.1, 0.15) is 6.54 Å². The molecule has 0 radical (unpaired) electrons. The first-order valence-electron chi connectivity index (χ1n) is 7.07. The third-order valence-corrected chi connectivity index (χ3v) is 3.40. The van der Waals surface area contributed by atoms with E-state index in [4.69, 9.17) is 22.4 Å². The summed E-state index contributed by atoms with van der Waals surface area (Å²) in [4.78, 5) is 33.9. The van der Waals surface area contributed by atoms with Crippen molar-refractivity contribution in [2.75, 3.05) is 13.1 Å². The Kier molecular flexibility index (Phi) is 7.50. The zero-order valence-corrected chi connectivity index (χ0v) is 13.5. The Balaban J connectivity index is 2.75. The highest BCUT2D eigenvalue weighted by Gasteiger charge is 2.18. The average Bonchev–Trinajstić information content (AvgIpc) is 2.49. The van der Waals surface area contributed by atoms with Gasteiger partial charge < -0.3 is 21.5 Å². The Morgan fingerprint density at radius 2 is 1.83 bits per heavy atom. The number of carboxylic acid groups (broad SMARTS) is 1. The standard InChI is InChI=1S/C15H20ClN3O4/c1-9(17)15(23)19-7-11(6-13(20)18-8-14(21)22)10-2-4-12(16)5-3-10/h2-5,9,11H,6-8,17H2,1H3,(H,18,20)(H,19,23)(H,21,22)/t9-,11?/m0/s1. The molecule has 0 spiro atoms. The molecule has 0 heterocycles. The lowest BCUT2D eigenvalue weighted by molar-refractivity contribution is -0.138. The number of carbonyl (C=O) groups is 3. The number of carboxylic acids is 1. The maximum Gasteiger partial charge on any atom is 0.322 e. The predicted molar refractivity (Wildman–Crippen MR) is 86.1 cm³/mol. The minimum absolute atomic E-state index is 0.0359. The number of halogens is 1. The molecular weight excluding hydrogens is 322 g/mol. The molecule has 1 aromatic carbocycles. The molecule has 1 rings (SSSR count). The van der Waals surface area contributed by atoms with E-state index >= 15 is 0 Å². The number of hydrogen-bond donors (Lipinski definition) is 4. The molecule has 2 atom stereocenters. The predicted octanol–water partition coefficient (Wildman–Crippen LogP) is 0.478. The van der Waals surface area contributed by atoms with Gasteiger partial charge in [-0.3, -0.25) is 14.4 Å². The van der Waals surface area contributed by atoms with E-state index in [0.717, 1.165) is 5.56 Å². The van der Waals surface area contributed by atoms with Gasteiger partial charge in [-0.05, 0) is 24.6 Å². The Morgan fingerprint density at radius 1 is 1.22 bits per heavy atom. The Labute approximate surface area is 139 Å². The summed E-state index contributed by atoms with van der Waals surface area (Å²) < 4.78 is 0. The van der Waals surface area contributed by atoms with Crippen LogP contribution >= 0.6 is 11.6 Å². The highest BCUT2D eigenvalue weighted by Crippen LogP contribution is 2.21. The zero-order chi connectivity index (χ0) is 17.4. The van der Waals surface area contributed by atoms with Crippen LogP contribution in [0.4, 0.5) is 0 Å². The van der Waals surface area contributed by atoms with Crippen LogP contribution in [0.25, 0.3) is 0 Å². The van der Waals surface area contributed by atoms with Crippen LogP contribution in [0.2, 0.25) is 5.02 Å². The van der Waals surface area contributed by atoms with E-state index < -0.39 is 24.5 Å². The number of carbonyl (C=O) groups excluding carboxylic acids is 2. The highest BCUT2D eigenvalue weighted by molar-refractivity contribution is 6.30. The van der Waals surface area contributed by atoms with E-state index in [1.807, 2.05) is 0 Å². The number of nitrogens with one attached hydrogen (secondary N) is 2. The van der Waals surface area contributed by atoms with Crippen LogP contribution in [0, 0.1) is 0 Å². The van der Waals surface area contributed by atoms with Crippen LogP contribution in [-0.4, -0.2) is 42.0 Å². The first kappa shape index (κ1) is 18.9. The number of amides is 2. The fourth-order valence-electron chi connectivity index (χ4n) is 1.90. The molecule has 23 heavy (non-hydrogen) atoms. The second-order valence-electron chi connectivity index (χ2n) is 5.16. The van der Waals surface area contributed by atoms with E-state index in [2.05, 4.69) is 10.6 Å². The fourth-order valence-corrected chi connectivity index (χ4v) is 2.02. The van der Waals surface area contributed by atoms with E-state index in [0.29, 0.717) is 5.02 Å². The number of hydrogen-bond acceptors (Lipinski definition) is 4. The topological polar surface area (TPSA) is 122 Å². The van der Waals surface area contributed by atoms with Crippen molar-refractivity contribution in [1.82, 2.24) is 10.6 Å². The van der Waals surface area contributed by atoms with Crippen molar-refractivity contribution in [3.05, 3.63) is 34.9 Å². The van der Waals surface area contributed by atoms with Gasteiger partial charge in [-0.15, -0.1) is 0 Å². The molecule has 0 fully saturated rings. The van der Waals surface area contributed by atoms with Gasteiger partial charge in [0.2, 0.25) is 11.8 Å². The SMILES string of the molecule is C[C@H](N)C(=O)NCC(CC(=O)NCC(=O)O)c1ccc(Cl)cc1. The van der Waals surface area contributed by atoms with Crippen molar-refractivity contribution in [2.24, 2.45) is 5.73 Å². The first-order valence-corrected chi connectivity index (χ1v) is 7.44. The maximum absolute atomic E-state index is 11.8. The maximum atomic E-state index is 11.8. The van der Waals surface area contributed by atoms with Crippen molar-refractivity contribution in [1.29, 1.82) is 0 Å². The van der Waals surface area contributed by atoms with Gasteiger partial charge in [0.05, 0.1) is 6.04 Å². The minimum Gasteiger partial charge on any atom is -0.480 e. The lowest BCUT2D eigenvalue weighted by atomic mass is 9.95. The van der Waals surface area contributed by atoms with Crippen LogP contribution in [0.3, 0.4) is 0 Å². The number of benzene rings is 1. The van der Waals surface area contributed by atoms with Crippen LogP contribution in [0.15, 0.2) is 24.3 Å². The average molecular weight is 342 g/mol. The Hall–Kier alpha value is -2.12. The summed E-state index contributed by atoms with van der Waals surface area (Å²) in [5.74, 6) is -2.17. The molecule has 0 aliphatic rings. The van der Waals surface area contributed by atoms with Crippen molar-refractivity contribution in [3.8, 4) is 0 Å². The van der Waals surface area contributed by atoms with Gasteiger partial charge in [-0.1, -0.05) is 23.7 Å². The monoisotopic (exact) mass is 341 g/mol. The summed E-state index contributed by atoms with van der Waals surface area (Å²) in [6, 6.07) is 6.24. The highest BCUT2D eigenvalue weighted by atomic mass is 35.5. The van der Waals surface area contributed by atoms with Crippen molar-refractivity contribution in [2.45, 2.75) is 25.3 Å². The summed E-state index contributed by atoms with van der Waals surface area (Å²) in [7, 11) is 0.